The molecule has 0 saturated heterocycles. The maximum Gasteiger partial charge on any atom is 0.349 e. The van der Waals surface area contributed by atoms with Crippen molar-refractivity contribution < 1.29 is 18.7 Å². The molecule has 0 N–H and O–H groups in total. The molecule has 1 amide bonds. The molecule has 0 aliphatic heterocycles. The van der Waals surface area contributed by atoms with Crippen LogP contribution in [0.2, 0.25) is 0 Å². The SMILES string of the molecule is CN(C)C(=O)[C@@H](OC(=O)c1cc2ccc(F)cc2s1)c1ccccc1. The van der Waals surface area contributed by atoms with E-state index in [0.29, 0.717) is 15.1 Å². The molecule has 3 aromatic rings. The van der Waals surface area contributed by atoms with Crippen LogP contribution in [-0.4, -0.2) is 30.9 Å². The van der Waals surface area contributed by atoms with E-state index < -0.39 is 12.1 Å². The van der Waals surface area contributed by atoms with Gasteiger partial charge in [0.2, 0.25) is 6.10 Å². The van der Waals surface area contributed by atoms with Gasteiger partial charge >= 0.3 is 5.97 Å². The Morgan fingerprint density at radius 3 is 2.48 bits per heavy atom. The normalized spacial score (nSPS) is 12.0. The molecule has 4 nitrogen and oxygen atoms in total. The topological polar surface area (TPSA) is 46.6 Å². The molecule has 0 radical (unpaired) electrons. The average molecular weight is 357 g/mol. The zero-order valence-electron chi connectivity index (χ0n) is 13.7. The number of fused-ring (bicyclic) bond motifs is 1. The van der Waals surface area contributed by atoms with Crippen LogP contribution in [0.3, 0.4) is 0 Å². The van der Waals surface area contributed by atoms with Gasteiger partial charge in [-0.1, -0.05) is 36.4 Å². The first-order chi connectivity index (χ1) is 12.0. The number of carbonyl (C=O) groups is 2. The summed E-state index contributed by atoms with van der Waals surface area (Å²) in [6.07, 6.45) is -1.02. The number of likely N-dealkylation sites (N-methyl/N-ethyl adjacent to an activating group) is 1. The molecule has 0 bridgehead atoms. The predicted molar refractivity (Wildman–Crippen MR) is 95.1 cm³/mol. The highest BCUT2D eigenvalue weighted by atomic mass is 32.1. The maximum absolute atomic E-state index is 13.3. The van der Waals surface area contributed by atoms with Gasteiger partial charge in [0, 0.05) is 24.4 Å². The van der Waals surface area contributed by atoms with Crippen LogP contribution in [-0.2, 0) is 9.53 Å². The van der Waals surface area contributed by atoms with Crippen molar-refractivity contribution >= 4 is 33.3 Å². The molecule has 6 heteroatoms. The number of hydrogen-bond donors (Lipinski definition) is 0. The van der Waals surface area contributed by atoms with Gasteiger partial charge < -0.3 is 9.64 Å². The van der Waals surface area contributed by atoms with Crippen molar-refractivity contribution in [2.45, 2.75) is 6.10 Å². The van der Waals surface area contributed by atoms with Crippen LogP contribution in [0.25, 0.3) is 10.1 Å². The Morgan fingerprint density at radius 1 is 1.08 bits per heavy atom. The minimum absolute atomic E-state index is 0.327. The van der Waals surface area contributed by atoms with Gasteiger partial charge in [-0.25, -0.2) is 9.18 Å². The number of amides is 1. The van der Waals surface area contributed by atoms with Gasteiger partial charge in [0.25, 0.3) is 5.91 Å². The second kappa shape index (κ2) is 7.03. The van der Waals surface area contributed by atoms with Gasteiger partial charge in [0.15, 0.2) is 0 Å². The molecule has 0 aliphatic rings. The lowest BCUT2D eigenvalue weighted by Gasteiger charge is -2.20. The van der Waals surface area contributed by atoms with Gasteiger partial charge in [-0.15, -0.1) is 11.3 Å². The first kappa shape index (κ1) is 17.1. The Morgan fingerprint density at radius 2 is 1.80 bits per heavy atom. The summed E-state index contributed by atoms with van der Waals surface area (Å²) in [6.45, 7) is 0. The molecule has 0 unspecified atom stereocenters. The molecule has 25 heavy (non-hydrogen) atoms. The van der Waals surface area contributed by atoms with Crippen LogP contribution in [0.1, 0.15) is 21.3 Å². The van der Waals surface area contributed by atoms with Crippen molar-refractivity contribution in [1.29, 1.82) is 0 Å². The van der Waals surface area contributed by atoms with Crippen molar-refractivity contribution in [2.75, 3.05) is 14.1 Å². The summed E-state index contributed by atoms with van der Waals surface area (Å²) in [6, 6.07) is 14.8. The van der Waals surface area contributed by atoms with E-state index in [2.05, 4.69) is 0 Å². The maximum atomic E-state index is 13.3. The summed E-state index contributed by atoms with van der Waals surface area (Å²) in [5, 5.41) is 0.758. The van der Waals surface area contributed by atoms with Crippen molar-refractivity contribution in [3.05, 3.63) is 70.9 Å². The lowest BCUT2D eigenvalue weighted by molar-refractivity contribution is -0.138. The largest absolute Gasteiger partial charge is 0.443 e. The Labute approximate surface area is 148 Å². The lowest BCUT2D eigenvalue weighted by Crippen LogP contribution is -2.31. The number of esters is 1. The number of ether oxygens (including phenoxy) is 1. The van der Waals surface area contributed by atoms with Gasteiger partial charge in [0.1, 0.15) is 10.7 Å². The summed E-state index contributed by atoms with van der Waals surface area (Å²) in [5.74, 6) is -1.29. The Balaban J connectivity index is 1.90. The van der Waals surface area contributed by atoms with E-state index in [9.17, 15) is 14.0 Å². The monoisotopic (exact) mass is 357 g/mol. The minimum atomic E-state index is -1.02. The van der Waals surface area contributed by atoms with Crippen molar-refractivity contribution in [3.8, 4) is 0 Å². The van der Waals surface area contributed by atoms with Gasteiger partial charge in [-0.05, 0) is 23.6 Å². The zero-order chi connectivity index (χ0) is 18.0. The molecule has 0 saturated carbocycles. The molecular weight excluding hydrogens is 341 g/mol. The number of thiophene rings is 1. The van der Waals surface area contributed by atoms with Crippen molar-refractivity contribution in [3.63, 3.8) is 0 Å². The highest BCUT2D eigenvalue weighted by Crippen LogP contribution is 2.29. The van der Waals surface area contributed by atoms with Crippen LogP contribution >= 0.6 is 11.3 Å². The first-order valence-corrected chi connectivity index (χ1v) is 8.43. The second-order valence-electron chi connectivity index (χ2n) is 5.72. The highest BCUT2D eigenvalue weighted by Gasteiger charge is 2.27. The van der Waals surface area contributed by atoms with E-state index in [4.69, 9.17) is 4.74 Å². The molecule has 0 aliphatic carbocycles. The Hall–Kier alpha value is -2.73. The number of halogens is 1. The van der Waals surface area contributed by atoms with E-state index in [-0.39, 0.29) is 11.7 Å². The Kier molecular flexibility index (Phi) is 4.81. The lowest BCUT2D eigenvalue weighted by atomic mass is 10.1. The van der Waals surface area contributed by atoms with Crippen LogP contribution in [0.4, 0.5) is 4.39 Å². The van der Waals surface area contributed by atoms with Gasteiger partial charge in [-0.3, -0.25) is 4.79 Å². The molecule has 0 spiro atoms. The van der Waals surface area contributed by atoms with E-state index in [1.165, 1.54) is 17.0 Å². The fraction of sp³-hybridized carbons (Fsp3) is 0.158. The summed E-state index contributed by atoms with van der Waals surface area (Å²) in [7, 11) is 3.21. The summed E-state index contributed by atoms with van der Waals surface area (Å²) >= 11 is 1.14. The molecule has 1 aromatic heterocycles. The van der Waals surface area contributed by atoms with Gasteiger partial charge in [0.05, 0.1) is 0 Å². The third kappa shape index (κ3) is 3.69. The van der Waals surface area contributed by atoms with Crippen LogP contribution in [0, 0.1) is 5.82 Å². The summed E-state index contributed by atoms with van der Waals surface area (Å²) in [4.78, 5) is 26.7. The van der Waals surface area contributed by atoms with Crippen LogP contribution in [0.5, 0.6) is 0 Å². The molecule has 128 valence electrons. The number of benzene rings is 2. The van der Waals surface area contributed by atoms with E-state index >= 15 is 0 Å². The quantitative estimate of drug-likeness (QED) is 0.663. The fourth-order valence-electron chi connectivity index (χ4n) is 2.39. The van der Waals surface area contributed by atoms with E-state index in [1.54, 1.807) is 50.5 Å². The first-order valence-electron chi connectivity index (χ1n) is 7.62. The minimum Gasteiger partial charge on any atom is -0.443 e. The molecule has 3 rings (SSSR count). The molecule has 1 heterocycles. The number of hydrogen-bond acceptors (Lipinski definition) is 4. The second-order valence-corrected chi connectivity index (χ2v) is 6.81. The number of carbonyl (C=O) groups excluding carboxylic acids is 2. The third-order valence-corrected chi connectivity index (χ3v) is 4.75. The van der Waals surface area contributed by atoms with E-state index in [0.717, 1.165) is 16.7 Å². The zero-order valence-corrected chi connectivity index (χ0v) is 14.5. The third-order valence-electron chi connectivity index (χ3n) is 3.68. The van der Waals surface area contributed by atoms with Gasteiger partial charge in [-0.2, -0.15) is 0 Å². The molecule has 1 atom stereocenters. The predicted octanol–water partition coefficient (Wildman–Crippen LogP) is 4.03. The average Bonchev–Trinajstić information content (AvgIpc) is 3.02. The molecule has 2 aromatic carbocycles. The fourth-order valence-corrected chi connectivity index (χ4v) is 3.36. The highest BCUT2D eigenvalue weighted by molar-refractivity contribution is 7.20. The molecule has 0 fully saturated rings. The van der Waals surface area contributed by atoms with Crippen molar-refractivity contribution in [2.24, 2.45) is 0 Å². The Bertz CT molecular complexity index is 921. The number of nitrogens with zero attached hydrogens (tertiary/aromatic N) is 1. The summed E-state index contributed by atoms with van der Waals surface area (Å²) < 4.78 is 19.5. The summed E-state index contributed by atoms with van der Waals surface area (Å²) in [5.41, 5.74) is 0.599. The molecular formula is C19H16FNO3S. The number of rotatable bonds is 4. The van der Waals surface area contributed by atoms with E-state index in [1.807, 2.05) is 6.07 Å². The smallest absolute Gasteiger partial charge is 0.349 e. The van der Waals surface area contributed by atoms with Crippen LogP contribution < -0.4 is 0 Å². The van der Waals surface area contributed by atoms with Crippen LogP contribution in [0.15, 0.2) is 54.6 Å². The standard InChI is InChI=1S/C19H16FNO3S/c1-21(2)18(22)17(12-6-4-3-5-7-12)24-19(23)16-10-13-8-9-14(20)11-15(13)25-16/h3-11,17H,1-2H3/t17-/m0/s1. The van der Waals surface area contributed by atoms with Crippen molar-refractivity contribution in [1.82, 2.24) is 4.90 Å².